The Labute approximate surface area is 441 Å². The van der Waals surface area contributed by atoms with Crippen molar-refractivity contribution in [1.29, 1.82) is 0 Å². The van der Waals surface area contributed by atoms with Crippen LogP contribution in [-0.2, 0) is 20.7 Å². The topological polar surface area (TPSA) is 49.9 Å². The van der Waals surface area contributed by atoms with Crippen molar-refractivity contribution in [1.82, 2.24) is 0 Å². The largest absolute Gasteiger partial charge is 0.453 e. The van der Waals surface area contributed by atoms with Gasteiger partial charge in [-0.25, -0.2) is 8.42 Å². The number of hydrogen-bond acceptors (Lipinski definition) is 5. The molecule has 0 unspecified atom stereocenters. The predicted octanol–water partition coefficient (Wildman–Crippen LogP) is 17.3. The molecular formula is C70H46N2O3S. The fraction of sp³-hybridized carbons (Fsp3) is 0.0286. The van der Waals surface area contributed by atoms with Gasteiger partial charge in [0, 0.05) is 22.1 Å². The zero-order valence-corrected chi connectivity index (χ0v) is 41.9. The summed E-state index contributed by atoms with van der Waals surface area (Å²) in [7, 11) is -4.15. The molecule has 0 N–H and O–H groups in total. The number of ether oxygens (including phenoxy) is 1. The second-order valence-corrected chi connectivity index (χ2v) is 21.8. The minimum Gasteiger partial charge on any atom is -0.453 e. The third-order valence-corrected chi connectivity index (χ3v) is 18.0. The Morgan fingerprint density at radius 3 is 1.29 bits per heavy atom. The van der Waals surface area contributed by atoms with Gasteiger partial charge in [0.25, 0.3) is 0 Å². The van der Waals surface area contributed by atoms with E-state index in [2.05, 4.69) is 222 Å². The van der Waals surface area contributed by atoms with Gasteiger partial charge in [-0.3, -0.25) is 0 Å². The first-order chi connectivity index (χ1) is 37.5. The third kappa shape index (κ3) is 6.10. The van der Waals surface area contributed by atoms with Crippen molar-refractivity contribution in [2.75, 3.05) is 9.80 Å². The predicted molar refractivity (Wildman–Crippen MR) is 307 cm³/mol. The molecule has 360 valence electrons. The molecule has 0 aromatic heterocycles. The molecule has 3 aliphatic rings. The van der Waals surface area contributed by atoms with E-state index in [1.807, 2.05) is 66.7 Å². The fourth-order valence-electron chi connectivity index (χ4n) is 13.1. The van der Waals surface area contributed by atoms with Crippen LogP contribution in [0, 0.1) is 0 Å². The Hall–Kier alpha value is -9.49. The van der Waals surface area contributed by atoms with Crippen LogP contribution in [0.3, 0.4) is 0 Å². The molecule has 76 heavy (non-hydrogen) atoms. The van der Waals surface area contributed by atoms with E-state index in [0.717, 1.165) is 89.0 Å². The van der Waals surface area contributed by atoms with Gasteiger partial charge in [0.2, 0.25) is 9.84 Å². The van der Waals surface area contributed by atoms with E-state index in [9.17, 15) is 0 Å². The van der Waals surface area contributed by atoms with Gasteiger partial charge in [-0.15, -0.1) is 0 Å². The van der Waals surface area contributed by atoms with Crippen LogP contribution < -0.4 is 14.5 Å². The average Bonchev–Trinajstić information content (AvgIpc) is 3.68. The number of para-hydroxylation sites is 3. The maximum absolute atomic E-state index is 15.9. The van der Waals surface area contributed by atoms with Gasteiger partial charge in [-0.1, -0.05) is 218 Å². The molecule has 0 spiro atoms. The van der Waals surface area contributed by atoms with E-state index in [4.69, 9.17) is 4.74 Å². The first-order valence-corrected chi connectivity index (χ1v) is 27.2. The molecule has 0 amide bonds. The summed E-state index contributed by atoms with van der Waals surface area (Å²) >= 11 is 0. The lowest BCUT2D eigenvalue weighted by molar-refractivity contribution is 0.478. The van der Waals surface area contributed by atoms with Gasteiger partial charge < -0.3 is 14.5 Å². The van der Waals surface area contributed by atoms with Crippen molar-refractivity contribution < 1.29 is 13.2 Å². The summed E-state index contributed by atoms with van der Waals surface area (Å²) in [4.78, 5) is 5.17. The molecule has 12 aromatic rings. The molecule has 6 heteroatoms. The Kier molecular flexibility index (Phi) is 9.72. The lowest BCUT2D eigenvalue weighted by atomic mass is 9.62. The summed E-state index contributed by atoms with van der Waals surface area (Å²) in [5.74, 6) is 1.43. The molecule has 0 saturated heterocycles. The second kappa shape index (κ2) is 16.8. The zero-order chi connectivity index (χ0) is 50.6. The third-order valence-electron chi connectivity index (χ3n) is 16.1. The van der Waals surface area contributed by atoms with Gasteiger partial charge in [-0.05, 0) is 116 Å². The zero-order valence-electron chi connectivity index (χ0n) is 41.1. The van der Waals surface area contributed by atoms with Crippen LogP contribution in [-0.4, -0.2) is 8.42 Å². The molecule has 0 radical (unpaired) electrons. The minimum atomic E-state index is -4.15. The standard InChI is InChI=1S/C70H46N2O3S/c73-76(74)65-43-39-53(71-61-34-18-17-33-57(61)69(49-23-5-1-6-24-49,50-25-7-2-8-26-50)58-41-37-47-21-13-15-31-55(47)67(58)71)45-59(65)70(51-27-9-3-10-28-51,52-29-11-4-12-30-52)60-46-54(40-44-66(60)76)72-62-35-19-20-36-63(62)75-64-42-38-48-22-14-16-32-56(48)68(64)72/h1-46H. The normalized spacial score (nSPS) is 15.1. The Balaban J connectivity index is 1.05. The Morgan fingerprint density at radius 1 is 0.316 bits per heavy atom. The lowest BCUT2D eigenvalue weighted by Gasteiger charge is -2.47. The van der Waals surface area contributed by atoms with Gasteiger partial charge in [0.05, 0.1) is 43.4 Å². The number of benzene rings is 12. The summed E-state index contributed by atoms with van der Waals surface area (Å²) in [5, 5.41) is 4.27. The van der Waals surface area contributed by atoms with E-state index in [-0.39, 0.29) is 9.79 Å². The van der Waals surface area contributed by atoms with Crippen LogP contribution in [0.4, 0.5) is 34.1 Å². The average molecular weight is 995 g/mol. The molecule has 5 nitrogen and oxygen atoms in total. The molecule has 0 fully saturated rings. The molecule has 15 rings (SSSR count). The van der Waals surface area contributed by atoms with Crippen molar-refractivity contribution in [3.8, 4) is 11.5 Å². The molecule has 3 aliphatic heterocycles. The highest BCUT2D eigenvalue weighted by Crippen LogP contribution is 2.62. The van der Waals surface area contributed by atoms with Crippen LogP contribution >= 0.6 is 0 Å². The molecule has 12 aromatic carbocycles. The molecule has 0 atom stereocenters. The second-order valence-electron chi connectivity index (χ2n) is 19.9. The number of nitrogens with zero attached hydrogens (tertiary/aromatic N) is 2. The highest BCUT2D eigenvalue weighted by molar-refractivity contribution is 7.91. The summed E-state index contributed by atoms with van der Waals surface area (Å²) in [6.07, 6.45) is 0. The monoisotopic (exact) mass is 994 g/mol. The van der Waals surface area contributed by atoms with E-state index in [1.165, 1.54) is 0 Å². The van der Waals surface area contributed by atoms with Crippen molar-refractivity contribution in [3.05, 3.63) is 324 Å². The van der Waals surface area contributed by atoms with Gasteiger partial charge >= 0.3 is 0 Å². The van der Waals surface area contributed by atoms with Crippen molar-refractivity contribution >= 4 is 65.5 Å². The number of sulfone groups is 1. The SMILES string of the molecule is O=S1(=O)c2ccc(N3c4ccccc4Oc4ccc5ccccc5c43)cc2C(c2ccccc2)(c2ccccc2)c2cc(N3c4ccccc4C(c4ccccc4)(c4ccccc4)c4ccc5ccccc5c43)ccc21. The van der Waals surface area contributed by atoms with Gasteiger partial charge in [-0.2, -0.15) is 0 Å². The maximum atomic E-state index is 15.9. The molecule has 0 aliphatic carbocycles. The quantitative estimate of drug-likeness (QED) is 0.166. The number of rotatable bonds is 6. The van der Waals surface area contributed by atoms with E-state index in [1.54, 1.807) is 0 Å². The molecule has 0 saturated carbocycles. The summed E-state index contributed by atoms with van der Waals surface area (Å²) in [6, 6.07) is 97.0. The van der Waals surface area contributed by atoms with Crippen molar-refractivity contribution in [2.24, 2.45) is 0 Å². The first kappa shape index (κ1) is 44.0. The highest BCUT2D eigenvalue weighted by atomic mass is 32.2. The number of hydrogen-bond donors (Lipinski definition) is 0. The summed E-state index contributed by atoms with van der Waals surface area (Å²) in [6.45, 7) is 0. The number of fused-ring (bicyclic) bond motifs is 10. The van der Waals surface area contributed by atoms with E-state index in [0.29, 0.717) is 22.6 Å². The molecular weight excluding hydrogens is 949 g/mol. The number of anilines is 6. The van der Waals surface area contributed by atoms with Crippen LogP contribution in [0.1, 0.15) is 44.5 Å². The van der Waals surface area contributed by atoms with Crippen LogP contribution in [0.25, 0.3) is 21.5 Å². The maximum Gasteiger partial charge on any atom is 0.207 e. The Morgan fingerprint density at radius 2 is 0.737 bits per heavy atom. The Bertz CT molecular complexity index is 4330. The summed E-state index contributed by atoms with van der Waals surface area (Å²) < 4.78 is 38.5. The van der Waals surface area contributed by atoms with Gasteiger partial charge in [0.15, 0.2) is 11.5 Å². The van der Waals surface area contributed by atoms with Crippen LogP contribution in [0.2, 0.25) is 0 Å². The van der Waals surface area contributed by atoms with Crippen LogP contribution in [0.15, 0.2) is 289 Å². The smallest absolute Gasteiger partial charge is 0.207 e. The van der Waals surface area contributed by atoms with Crippen LogP contribution in [0.5, 0.6) is 11.5 Å². The first-order valence-electron chi connectivity index (χ1n) is 25.7. The van der Waals surface area contributed by atoms with Gasteiger partial charge in [0.1, 0.15) is 0 Å². The molecule has 0 bridgehead atoms. The fourth-order valence-corrected chi connectivity index (χ4v) is 14.8. The van der Waals surface area contributed by atoms with Crippen molar-refractivity contribution in [2.45, 2.75) is 20.6 Å². The highest BCUT2D eigenvalue weighted by Gasteiger charge is 2.51. The van der Waals surface area contributed by atoms with E-state index < -0.39 is 20.7 Å². The minimum absolute atomic E-state index is 0.263. The lowest BCUT2D eigenvalue weighted by Crippen LogP contribution is -2.39. The van der Waals surface area contributed by atoms with E-state index >= 15 is 8.42 Å². The van der Waals surface area contributed by atoms with Crippen molar-refractivity contribution in [3.63, 3.8) is 0 Å². The summed E-state index contributed by atoms with van der Waals surface area (Å²) in [5.41, 5.74) is 11.3. The molecule has 3 heterocycles.